The van der Waals surface area contributed by atoms with E-state index in [1.165, 1.54) is 0 Å². The van der Waals surface area contributed by atoms with Crippen molar-refractivity contribution in [3.63, 3.8) is 0 Å². The van der Waals surface area contributed by atoms with Crippen LogP contribution < -0.4 is 16.8 Å². The highest BCUT2D eigenvalue weighted by molar-refractivity contribution is 8.13. The van der Waals surface area contributed by atoms with Gasteiger partial charge in [-0.15, -0.1) is 0 Å². The number of carbonyl (C=O) groups excluding carboxylic acids is 1. The molecule has 1 aliphatic rings. The molecule has 2 heterocycles. The van der Waals surface area contributed by atoms with Gasteiger partial charge in [0.15, 0.2) is 5.17 Å². The predicted octanol–water partition coefficient (Wildman–Crippen LogP) is 1.26. The Kier molecular flexibility index (Phi) is 6.77. The number of nitrogens with zero attached hydrogens (tertiary/aromatic N) is 2. The van der Waals surface area contributed by atoms with E-state index in [1.807, 2.05) is 42.5 Å². The van der Waals surface area contributed by atoms with Crippen LogP contribution in [0.2, 0.25) is 0 Å². The minimum Gasteiger partial charge on any atom is -0.368 e. The van der Waals surface area contributed by atoms with Crippen LogP contribution in [0, 0.1) is 0 Å². The van der Waals surface area contributed by atoms with E-state index in [0.29, 0.717) is 18.7 Å². The van der Waals surface area contributed by atoms with Crippen LogP contribution in [0.15, 0.2) is 59.8 Å². The molecule has 0 aromatic carbocycles. The molecule has 1 unspecified atom stereocenters. The van der Waals surface area contributed by atoms with Crippen LogP contribution in [0.3, 0.4) is 0 Å². The number of hydrogen-bond donors (Lipinski definition) is 3. The van der Waals surface area contributed by atoms with Gasteiger partial charge in [-0.2, -0.15) is 0 Å². The second-order valence-electron chi connectivity index (χ2n) is 5.21. The Morgan fingerprint density at radius 2 is 2.17 bits per heavy atom. The van der Waals surface area contributed by atoms with Gasteiger partial charge in [0.05, 0.1) is 18.3 Å². The zero-order valence-corrected chi connectivity index (χ0v) is 14.1. The fraction of sp³-hybridized carbons (Fsp3) is 0.235. The number of amides is 1. The molecule has 126 valence electrons. The van der Waals surface area contributed by atoms with E-state index in [-0.39, 0.29) is 0 Å². The van der Waals surface area contributed by atoms with Gasteiger partial charge >= 0.3 is 0 Å². The second-order valence-corrected chi connectivity index (χ2v) is 6.17. The van der Waals surface area contributed by atoms with Crippen molar-refractivity contribution in [3.05, 3.63) is 66.2 Å². The normalized spacial score (nSPS) is 18.4. The highest BCUT2D eigenvalue weighted by Crippen LogP contribution is 2.14. The minimum absolute atomic E-state index is 0.333. The molecular formula is C17H21N5OS. The first kappa shape index (κ1) is 18.0. The largest absolute Gasteiger partial charge is 0.368 e. The first-order chi connectivity index (χ1) is 11.5. The number of carbonyl (C=O) groups is 1. The predicted molar refractivity (Wildman–Crippen MR) is 99.3 cm³/mol. The molecule has 1 aromatic heterocycles. The summed E-state index contributed by atoms with van der Waals surface area (Å²) < 4.78 is 0. The van der Waals surface area contributed by atoms with Crippen LogP contribution in [0.1, 0.15) is 11.4 Å². The summed E-state index contributed by atoms with van der Waals surface area (Å²) in [4.78, 5) is 20.1. The molecule has 7 heteroatoms. The number of aromatic nitrogens is 1. The van der Waals surface area contributed by atoms with Crippen LogP contribution in [0.4, 0.5) is 0 Å². The van der Waals surface area contributed by atoms with Crippen molar-refractivity contribution in [3.8, 4) is 0 Å². The Morgan fingerprint density at radius 3 is 2.96 bits per heavy atom. The van der Waals surface area contributed by atoms with Crippen molar-refractivity contribution in [2.24, 2.45) is 16.5 Å². The van der Waals surface area contributed by atoms with Crippen LogP contribution >= 0.6 is 11.8 Å². The topological polar surface area (TPSA) is 106 Å². The van der Waals surface area contributed by atoms with Gasteiger partial charge in [0.25, 0.3) is 0 Å². The highest BCUT2D eigenvalue weighted by atomic mass is 32.2. The summed E-state index contributed by atoms with van der Waals surface area (Å²) in [6.07, 6.45) is 8.06. The van der Waals surface area contributed by atoms with Gasteiger partial charge in [-0.3, -0.25) is 14.8 Å². The average molecular weight is 343 g/mol. The van der Waals surface area contributed by atoms with Crippen molar-refractivity contribution in [1.29, 1.82) is 0 Å². The Balaban J connectivity index is 1.98. The van der Waals surface area contributed by atoms with E-state index in [9.17, 15) is 4.79 Å². The monoisotopic (exact) mass is 343 g/mol. The molecule has 1 amide bonds. The SMILES string of the molecule is C=C1/C=C\C=C/CN=C(SCc2cccc(CC(N)C(N)=O)n2)N1. The van der Waals surface area contributed by atoms with Gasteiger partial charge in [0, 0.05) is 23.6 Å². The smallest absolute Gasteiger partial charge is 0.234 e. The van der Waals surface area contributed by atoms with E-state index in [2.05, 4.69) is 21.9 Å². The zero-order chi connectivity index (χ0) is 17.4. The van der Waals surface area contributed by atoms with Gasteiger partial charge in [0.2, 0.25) is 5.91 Å². The molecule has 6 nitrogen and oxygen atoms in total. The molecule has 0 radical (unpaired) electrons. The van der Waals surface area contributed by atoms with Crippen LogP contribution in [-0.2, 0) is 17.0 Å². The van der Waals surface area contributed by atoms with E-state index < -0.39 is 11.9 Å². The number of aliphatic imine (C=N–C) groups is 1. The number of nitrogens with two attached hydrogens (primary N) is 2. The summed E-state index contributed by atoms with van der Waals surface area (Å²) in [6.45, 7) is 4.53. The number of hydrogen-bond acceptors (Lipinski definition) is 6. The molecule has 0 fully saturated rings. The molecule has 1 aromatic rings. The van der Waals surface area contributed by atoms with E-state index in [4.69, 9.17) is 11.5 Å². The first-order valence-corrected chi connectivity index (χ1v) is 8.49. The number of thioether (sulfide) groups is 1. The maximum Gasteiger partial charge on any atom is 0.234 e. The summed E-state index contributed by atoms with van der Waals surface area (Å²) in [5, 5.41) is 3.96. The summed E-state index contributed by atoms with van der Waals surface area (Å²) in [5.41, 5.74) is 13.3. The standard InChI is InChI=1S/C17H21N5OS/c1-12-6-3-2-4-9-20-17(21-12)24-11-14-8-5-7-13(22-14)10-15(18)16(19)23/h2-8,15H,1,9-11,18H2,(H2,19,23)(H,20,21)/b4-2-,6-3-. The number of primary amides is 1. The number of rotatable bonds is 5. The summed E-state index contributed by atoms with van der Waals surface area (Å²) in [5.74, 6) is 0.118. The Morgan fingerprint density at radius 1 is 1.38 bits per heavy atom. The quantitative estimate of drug-likeness (QED) is 0.746. The molecule has 5 N–H and O–H groups in total. The van der Waals surface area contributed by atoms with Gasteiger partial charge in [-0.1, -0.05) is 42.6 Å². The molecule has 0 spiro atoms. The lowest BCUT2D eigenvalue weighted by atomic mass is 10.1. The third kappa shape index (κ3) is 6.02. The van der Waals surface area contributed by atoms with E-state index in [0.717, 1.165) is 22.3 Å². The Bertz CT molecular complexity index is 696. The second kappa shape index (κ2) is 9.05. The third-order valence-electron chi connectivity index (χ3n) is 3.17. The maximum absolute atomic E-state index is 11.1. The lowest BCUT2D eigenvalue weighted by molar-refractivity contribution is -0.119. The molecule has 24 heavy (non-hydrogen) atoms. The van der Waals surface area contributed by atoms with Crippen molar-refractivity contribution in [2.75, 3.05) is 6.54 Å². The van der Waals surface area contributed by atoms with Crippen LogP contribution in [0.25, 0.3) is 0 Å². The molecule has 2 rings (SSSR count). The summed E-state index contributed by atoms with van der Waals surface area (Å²) in [7, 11) is 0. The molecular weight excluding hydrogens is 322 g/mol. The fourth-order valence-electron chi connectivity index (χ4n) is 1.94. The molecule has 0 bridgehead atoms. The van der Waals surface area contributed by atoms with Crippen molar-refractivity contribution >= 4 is 22.8 Å². The first-order valence-electron chi connectivity index (χ1n) is 7.50. The van der Waals surface area contributed by atoms with Crippen molar-refractivity contribution in [2.45, 2.75) is 18.2 Å². The Hall–Kier alpha value is -2.38. The van der Waals surface area contributed by atoms with Crippen molar-refractivity contribution < 1.29 is 4.79 Å². The maximum atomic E-state index is 11.1. The molecule has 0 aliphatic carbocycles. The van der Waals surface area contributed by atoms with E-state index in [1.54, 1.807) is 11.8 Å². The van der Waals surface area contributed by atoms with Gasteiger partial charge in [-0.05, 0) is 18.2 Å². The van der Waals surface area contributed by atoms with Gasteiger partial charge in [-0.25, -0.2) is 0 Å². The number of pyridine rings is 1. The highest BCUT2D eigenvalue weighted by Gasteiger charge is 2.11. The van der Waals surface area contributed by atoms with Gasteiger partial charge < -0.3 is 16.8 Å². The van der Waals surface area contributed by atoms with Crippen LogP contribution in [-0.4, -0.2) is 28.6 Å². The summed E-state index contributed by atoms with van der Waals surface area (Å²) in [6, 6.07) is 4.94. The molecule has 1 aliphatic heterocycles. The van der Waals surface area contributed by atoms with Crippen molar-refractivity contribution in [1.82, 2.24) is 10.3 Å². The number of nitrogens with one attached hydrogen (secondary N) is 1. The number of allylic oxidation sites excluding steroid dienone is 3. The fourth-order valence-corrected chi connectivity index (χ4v) is 2.75. The van der Waals surface area contributed by atoms with Crippen LogP contribution in [0.5, 0.6) is 0 Å². The lowest BCUT2D eigenvalue weighted by Gasteiger charge is -2.10. The average Bonchev–Trinajstić information content (AvgIpc) is 2.65. The number of amidine groups is 1. The zero-order valence-electron chi connectivity index (χ0n) is 13.3. The van der Waals surface area contributed by atoms with Gasteiger partial charge in [0.1, 0.15) is 0 Å². The molecule has 1 atom stereocenters. The van der Waals surface area contributed by atoms with E-state index >= 15 is 0 Å². The summed E-state index contributed by atoms with van der Waals surface area (Å²) >= 11 is 1.54. The minimum atomic E-state index is -0.720. The third-order valence-corrected chi connectivity index (χ3v) is 4.11. The lowest BCUT2D eigenvalue weighted by Crippen LogP contribution is -2.38. The molecule has 0 saturated carbocycles. The molecule has 0 saturated heterocycles. The Labute approximate surface area is 145 Å².